The highest BCUT2D eigenvalue weighted by molar-refractivity contribution is 6.31. The van der Waals surface area contributed by atoms with Crippen LogP contribution in [0.25, 0.3) is 10.4 Å². The lowest BCUT2D eigenvalue weighted by molar-refractivity contribution is -0.486. The van der Waals surface area contributed by atoms with Gasteiger partial charge in [-0.2, -0.15) is 0 Å². The molecule has 0 bridgehead atoms. The van der Waals surface area contributed by atoms with Crippen molar-refractivity contribution < 1.29 is 9.77 Å². The molecule has 0 unspecified atom stereocenters. The summed E-state index contributed by atoms with van der Waals surface area (Å²) in [5.74, 6) is 0.0755. The number of hydrogen-bond acceptors (Lipinski definition) is 5. The molecule has 2 rings (SSSR count). The Hall–Kier alpha value is -2.62. The Bertz CT molecular complexity index is 629. The number of halogens is 1. The van der Waals surface area contributed by atoms with E-state index in [9.17, 15) is 10.1 Å². The first kappa shape index (κ1) is 14.8. The van der Waals surface area contributed by atoms with Gasteiger partial charge in [-0.15, -0.1) is 0 Å². The normalized spacial score (nSPS) is 16.2. The Balaban J connectivity index is 2.21. The maximum Gasteiger partial charge on any atom is 0.275 e. The molecule has 0 atom stereocenters. The summed E-state index contributed by atoms with van der Waals surface area (Å²) >= 11 is 5.78. The van der Waals surface area contributed by atoms with Gasteiger partial charge in [0.1, 0.15) is 23.7 Å². The fourth-order valence-corrected chi connectivity index (χ4v) is 1.79. The third-order valence-corrected chi connectivity index (χ3v) is 2.75. The zero-order valence-corrected chi connectivity index (χ0v) is 11.3. The fraction of sp³-hybridized carbons (Fsp3) is 0.333. The quantitative estimate of drug-likeness (QED) is 0.223. The summed E-state index contributed by atoms with van der Waals surface area (Å²) in [4.78, 5) is 18.5. The summed E-state index contributed by atoms with van der Waals surface area (Å²) in [6.45, 7) is 0.475. The molecule has 11 nitrogen and oxygen atoms in total. The van der Waals surface area contributed by atoms with Crippen molar-refractivity contribution in [3.63, 3.8) is 0 Å². The van der Waals surface area contributed by atoms with Crippen molar-refractivity contribution in [2.45, 2.75) is 6.54 Å². The summed E-state index contributed by atoms with van der Waals surface area (Å²) < 4.78 is 5.15. The molecule has 0 aromatic carbocycles. The first-order chi connectivity index (χ1) is 10.1. The topological polar surface area (TPSA) is 142 Å². The third kappa shape index (κ3) is 3.92. The Morgan fingerprint density at radius 3 is 3.24 bits per heavy atom. The van der Waals surface area contributed by atoms with Crippen LogP contribution < -0.4 is 5.32 Å². The zero-order valence-electron chi connectivity index (χ0n) is 10.5. The highest BCUT2D eigenvalue weighted by Gasteiger charge is 2.20. The van der Waals surface area contributed by atoms with Gasteiger partial charge in [0, 0.05) is 17.7 Å². The van der Waals surface area contributed by atoms with E-state index in [1.165, 1.54) is 17.2 Å². The first-order valence-corrected chi connectivity index (χ1v) is 5.97. The van der Waals surface area contributed by atoms with Crippen LogP contribution >= 0.6 is 11.6 Å². The lowest BCUT2D eigenvalue weighted by atomic mass is 10.2. The van der Waals surface area contributed by atoms with Crippen molar-refractivity contribution in [2.75, 3.05) is 13.5 Å². The average Bonchev–Trinajstić information content (AvgIpc) is 2.44. The van der Waals surface area contributed by atoms with Crippen molar-refractivity contribution >= 4 is 23.2 Å². The van der Waals surface area contributed by atoms with Crippen molar-refractivity contribution in [3.8, 4) is 0 Å². The molecule has 1 aromatic heterocycles. The number of aromatic nitrogens is 1. The minimum atomic E-state index is -0.799. The van der Waals surface area contributed by atoms with Gasteiger partial charge >= 0.3 is 0 Å². The van der Waals surface area contributed by atoms with Crippen LogP contribution in [-0.4, -0.2) is 34.3 Å². The van der Waals surface area contributed by atoms with Crippen LogP contribution in [0.4, 0.5) is 5.69 Å². The average molecular weight is 313 g/mol. The molecule has 1 saturated heterocycles. The summed E-state index contributed by atoms with van der Waals surface area (Å²) in [5.41, 5.74) is 9.24. The second kappa shape index (κ2) is 6.70. The number of ether oxygens (including phenoxy) is 1. The Labute approximate surface area is 122 Å². The molecule has 0 spiro atoms. The Morgan fingerprint density at radius 2 is 2.52 bits per heavy atom. The summed E-state index contributed by atoms with van der Waals surface area (Å²) in [7, 11) is 0. The van der Waals surface area contributed by atoms with Gasteiger partial charge in [-0.3, -0.25) is 0 Å². The number of nitrogens with zero attached hydrogens (tertiary/aromatic N) is 7. The Morgan fingerprint density at radius 1 is 1.71 bits per heavy atom. The SMILES string of the molecule is [N-]=[N+]=Nc1cc(CN2COCN/C2=N\[N+](=O)[O-])cnc1Cl. The number of azide groups is 1. The first-order valence-electron chi connectivity index (χ1n) is 5.59. The van der Waals surface area contributed by atoms with E-state index in [1.807, 2.05) is 0 Å². The molecule has 12 heteroatoms. The molecule has 0 saturated carbocycles. The summed E-state index contributed by atoms with van der Waals surface area (Å²) in [6, 6.07) is 1.54. The second-order valence-electron chi connectivity index (χ2n) is 3.86. The fourth-order valence-electron chi connectivity index (χ4n) is 1.64. The van der Waals surface area contributed by atoms with E-state index in [0.717, 1.165) is 0 Å². The number of hydrazone groups is 1. The minimum Gasteiger partial charge on any atom is -0.341 e. The van der Waals surface area contributed by atoms with Crippen molar-refractivity contribution in [2.24, 2.45) is 10.2 Å². The van der Waals surface area contributed by atoms with Gasteiger partial charge in [-0.1, -0.05) is 16.7 Å². The predicted molar refractivity (Wildman–Crippen MR) is 72.0 cm³/mol. The second-order valence-corrected chi connectivity index (χ2v) is 4.21. The maximum absolute atomic E-state index is 10.5. The number of hydrogen-bond donors (Lipinski definition) is 1. The van der Waals surface area contributed by atoms with Gasteiger partial charge in [0.05, 0.1) is 5.69 Å². The third-order valence-electron chi connectivity index (χ3n) is 2.46. The van der Waals surface area contributed by atoms with Crippen molar-refractivity contribution in [1.82, 2.24) is 15.2 Å². The molecule has 0 aliphatic carbocycles. The van der Waals surface area contributed by atoms with Crippen LogP contribution in [-0.2, 0) is 11.3 Å². The van der Waals surface area contributed by atoms with E-state index in [4.69, 9.17) is 21.9 Å². The van der Waals surface area contributed by atoms with Crippen LogP contribution in [0, 0.1) is 10.1 Å². The van der Waals surface area contributed by atoms with Crippen LogP contribution in [0.5, 0.6) is 0 Å². The molecule has 2 heterocycles. The maximum atomic E-state index is 10.5. The molecular weight excluding hydrogens is 304 g/mol. The van der Waals surface area contributed by atoms with Crippen LogP contribution in [0.15, 0.2) is 22.5 Å². The highest BCUT2D eigenvalue weighted by Crippen LogP contribution is 2.24. The summed E-state index contributed by atoms with van der Waals surface area (Å²) in [6.07, 6.45) is 1.47. The van der Waals surface area contributed by atoms with Crippen LogP contribution in [0.3, 0.4) is 0 Å². The molecular formula is C9H9ClN8O3. The number of pyridine rings is 1. The predicted octanol–water partition coefficient (Wildman–Crippen LogP) is 1.56. The van der Waals surface area contributed by atoms with E-state index in [0.29, 0.717) is 5.56 Å². The number of nitro groups is 1. The van der Waals surface area contributed by atoms with E-state index in [-0.39, 0.29) is 36.8 Å². The van der Waals surface area contributed by atoms with Gasteiger partial charge in [-0.05, 0) is 17.2 Å². The van der Waals surface area contributed by atoms with Gasteiger partial charge in [0.2, 0.25) is 0 Å². The molecule has 1 aliphatic rings. The van der Waals surface area contributed by atoms with Gasteiger partial charge in [0.25, 0.3) is 5.96 Å². The Kier molecular flexibility index (Phi) is 4.72. The summed E-state index contributed by atoms with van der Waals surface area (Å²) in [5, 5.41) is 19.0. The molecule has 21 heavy (non-hydrogen) atoms. The molecule has 1 aliphatic heterocycles. The lowest BCUT2D eigenvalue weighted by Crippen LogP contribution is -2.48. The van der Waals surface area contributed by atoms with Gasteiger partial charge < -0.3 is 15.0 Å². The largest absolute Gasteiger partial charge is 0.341 e. The van der Waals surface area contributed by atoms with Gasteiger partial charge in [-0.25, -0.2) is 15.1 Å². The van der Waals surface area contributed by atoms with Crippen LogP contribution in [0.1, 0.15) is 5.56 Å². The molecule has 0 radical (unpaired) electrons. The number of nitrogens with one attached hydrogen (secondary N) is 1. The molecule has 1 N–H and O–H groups in total. The molecule has 1 aromatic rings. The van der Waals surface area contributed by atoms with Crippen LogP contribution in [0.2, 0.25) is 5.15 Å². The van der Waals surface area contributed by atoms with Crippen molar-refractivity contribution in [3.05, 3.63) is 43.5 Å². The molecule has 1 fully saturated rings. The highest BCUT2D eigenvalue weighted by atomic mass is 35.5. The van der Waals surface area contributed by atoms with Gasteiger partial charge in [0.15, 0.2) is 5.03 Å². The van der Waals surface area contributed by atoms with E-state index >= 15 is 0 Å². The van der Waals surface area contributed by atoms with Crippen molar-refractivity contribution in [1.29, 1.82) is 0 Å². The zero-order chi connectivity index (χ0) is 15.2. The molecule has 0 amide bonds. The van der Waals surface area contributed by atoms with E-state index < -0.39 is 5.03 Å². The number of guanidine groups is 1. The smallest absolute Gasteiger partial charge is 0.275 e. The van der Waals surface area contributed by atoms with E-state index in [1.54, 1.807) is 0 Å². The standard InChI is InChI=1S/C9H9ClN8O3/c10-8-7(14-16-11)1-6(2-12-8)3-17-5-21-4-13-9(17)15-18(19)20/h1-2H,3-5H2,(H,13,15). The lowest BCUT2D eigenvalue weighted by Gasteiger charge is -2.28. The van der Waals surface area contributed by atoms with E-state index in [2.05, 4.69) is 25.4 Å². The number of rotatable bonds is 4. The monoisotopic (exact) mass is 312 g/mol. The minimum absolute atomic E-state index is 0.0729. The molecule has 110 valence electrons.